The van der Waals surface area contributed by atoms with Crippen molar-refractivity contribution in [3.8, 4) is 0 Å². The minimum atomic E-state index is 0.226. The summed E-state index contributed by atoms with van der Waals surface area (Å²) in [5.41, 5.74) is 0. The van der Waals surface area contributed by atoms with Crippen LogP contribution in [0.1, 0.15) is 40.0 Å². The molecule has 2 rings (SSSR count). The van der Waals surface area contributed by atoms with Gasteiger partial charge < -0.3 is 20.1 Å². The van der Waals surface area contributed by atoms with Crippen molar-refractivity contribution < 1.29 is 9.47 Å². The maximum Gasteiger partial charge on any atom is 0.191 e. The number of morpholine rings is 1. The van der Waals surface area contributed by atoms with E-state index in [1.54, 1.807) is 0 Å². The third-order valence-electron chi connectivity index (χ3n) is 4.47. The van der Waals surface area contributed by atoms with Crippen LogP contribution in [0.5, 0.6) is 0 Å². The minimum Gasteiger partial charge on any atom is -0.381 e. The molecule has 140 valence electrons. The molecule has 2 aliphatic heterocycles. The van der Waals surface area contributed by atoms with Crippen LogP contribution in [-0.4, -0.2) is 75.5 Å². The van der Waals surface area contributed by atoms with E-state index in [4.69, 9.17) is 14.5 Å². The van der Waals surface area contributed by atoms with Gasteiger partial charge in [-0.1, -0.05) is 13.8 Å². The first-order valence-corrected chi connectivity index (χ1v) is 9.64. The zero-order valence-electron chi connectivity index (χ0n) is 15.7. The molecule has 2 heterocycles. The van der Waals surface area contributed by atoms with Gasteiger partial charge in [-0.05, 0) is 38.6 Å². The number of nitrogens with zero attached hydrogens (tertiary/aromatic N) is 2. The van der Waals surface area contributed by atoms with E-state index in [-0.39, 0.29) is 6.10 Å². The van der Waals surface area contributed by atoms with Crippen molar-refractivity contribution in [2.45, 2.75) is 52.2 Å². The lowest BCUT2D eigenvalue weighted by atomic mass is 10.2. The maximum atomic E-state index is 5.98. The summed E-state index contributed by atoms with van der Waals surface area (Å²) in [6.45, 7) is 13.7. The summed E-state index contributed by atoms with van der Waals surface area (Å²) < 4.78 is 11.6. The van der Waals surface area contributed by atoms with E-state index in [9.17, 15) is 0 Å². The molecule has 0 amide bonds. The number of hydrogen-bond donors (Lipinski definition) is 2. The number of fused-ring (bicyclic) bond motifs is 1. The molecule has 0 saturated carbocycles. The second kappa shape index (κ2) is 10.9. The van der Waals surface area contributed by atoms with Crippen LogP contribution < -0.4 is 10.6 Å². The first-order chi connectivity index (χ1) is 11.7. The van der Waals surface area contributed by atoms with Crippen LogP contribution in [-0.2, 0) is 9.47 Å². The summed E-state index contributed by atoms with van der Waals surface area (Å²) in [6, 6.07) is 0.655. The standard InChI is InChI=1S/C18H36N4O2/c1-4-19-18(20-8-6-10-23-13-15(2)3)21-11-17-12-22-9-5-7-16(22)14-24-17/h15-17H,4-14H2,1-3H3,(H2,19,20,21). The Kier molecular flexibility index (Phi) is 8.84. The molecular formula is C18H36N4O2. The predicted octanol–water partition coefficient (Wildman–Crippen LogP) is 1.47. The molecule has 0 bridgehead atoms. The van der Waals surface area contributed by atoms with E-state index in [0.717, 1.165) is 58.4 Å². The van der Waals surface area contributed by atoms with Crippen molar-refractivity contribution in [1.82, 2.24) is 15.5 Å². The van der Waals surface area contributed by atoms with Crippen LogP contribution in [0.15, 0.2) is 4.99 Å². The van der Waals surface area contributed by atoms with Gasteiger partial charge in [-0.2, -0.15) is 0 Å². The maximum absolute atomic E-state index is 5.98. The van der Waals surface area contributed by atoms with Gasteiger partial charge in [-0.3, -0.25) is 9.89 Å². The zero-order valence-corrected chi connectivity index (χ0v) is 15.7. The van der Waals surface area contributed by atoms with Gasteiger partial charge in [0.15, 0.2) is 5.96 Å². The van der Waals surface area contributed by atoms with Crippen molar-refractivity contribution in [2.24, 2.45) is 10.9 Å². The Bertz CT molecular complexity index is 376. The second-order valence-electron chi connectivity index (χ2n) is 7.22. The van der Waals surface area contributed by atoms with Gasteiger partial charge in [0.1, 0.15) is 0 Å². The lowest BCUT2D eigenvalue weighted by molar-refractivity contribution is -0.0432. The molecule has 6 nitrogen and oxygen atoms in total. The van der Waals surface area contributed by atoms with Gasteiger partial charge >= 0.3 is 0 Å². The number of nitrogens with one attached hydrogen (secondary N) is 2. The highest BCUT2D eigenvalue weighted by Crippen LogP contribution is 2.22. The molecule has 6 heteroatoms. The molecule has 0 aromatic rings. The summed E-state index contributed by atoms with van der Waals surface area (Å²) in [7, 11) is 0. The summed E-state index contributed by atoms with van der Waals surface area (Å²) in [5, 5.41) is 6.69. The van der Waals surface area contributed by atoms with E-state index in [0.29, 0.717) is 12.0 Å². The monoisotopic (exact) mass is 340 g/mol. The molecule has 0 aliphatic carbocycles. The quantitative estimate of drug-likeness (QED) is 0.378. The zero-order chi connectivity index (χ0) is 17.2. The normalized spacial score (nSPS) is 25.1. The van der Waals surface area contributed by atoms with Crippen LogP contribution in [0.25, 0.3) is 0 Å². The lowest BCUT2D eigenvalue weighted by Crippen LogP contribution is -2.47. The first kappa shape index (κ1) is 19.5. The van der Waals surface area contributed by atoms with Crippen LogP contribution in [0.4, 0.5) is 0 Å². The topological polar surface area (TPSA) is 58.1 Å². The Labute approximate surface area is 147 Å². The SMILES string of the molecule is CCNC(=NCC1CN2CCCC2CO1)NCCCOCC(C)C. The summed E-state index contributed by atoms with van der Waals surface area (Å²) in [4.78, 5) is 7.26. The largest absolute Gasteiger partial charge is 0.381 e. The third-order valence-corrected chi connectivity index (χ3v) is 4.47. The van der Waals surface area contributed by atoms with Gasteiger partial charge in [0.2, 0.25) is 0 Å². The molecule has 2 fully saturated rings. The summed E-state index contributed by atoms with van der Waals surface area (Å²) >= 11 is 0. The number of hydrogen-bond acceptors (Lipinski definition) is 4. The van der Waals surface area contributed by atoms with Gasteiger partial charge in [-0.15, -0.1) is 0 Å². The second-order valence-corrected chi connectivity index (χ2v) is 7.22. The van der Waals surface area contributed by atoms with Crippen LogP contribution in [0.2, 0.25) is 0 Å². The van der Waals surface area contributed by atoms with Crippen molar-refractivity contribution in [3.05, 3.63) is 0 Å². The molecule has 2 N–H and O–H groups in total. The van der Waals surface area contributed by atoms with Crippen molar-refractivity contribution in [1.29, 1.82) is 0 Å². The third kappa shape index (κ3) is 6.95. The Morgan fingerprint density at radius 2 is 2.25 bits per heavy atom. The van der Waals surface area contributed by atoms with Gasteiger partial charge in [-0.25, -0.2) is 0 Å². The molecule has 0 radical (unpaired) electrons. The highest BCUT2D eigenvalue weighted by atomic mass is 16.5. The molecule has 24 heavy (non-hydrogen) atoms. The number of guanidine groups is 1. The Morgan fingerprint density at radius 3 is 3.04 bits per heavy atom. The van der Waals surface area contributed by atoms with Crippen LogP contribution in [0.3, 0.4) is 0 Å². The van der Waals surface area contributed by atoms with E-state index >= 15 is 0 Å². The Balaban J connectivity index is 1.64. The average Bonchev–Trinajstić information content (AvgIpc) is 3.03. The molecule has 0 aromatic carbocycles. The van der Waals surface area contributed by atoms with Crippen molar-refractivity contribution >= 4 is 5.96 Å². The van der Waals surface area contributed by atoms with Gasteiger partial charge in [0.05, 0.1) is 19.3 Å². The van der Waals surface area contributed by atoms with Crippen LogP contribution in [0, 0.1) is 5.92 Å². The average molecular weight is 341 g/mol. The highest BCUT2D eigenvalue weighted by molar-refractivity contribution is 5.79. The summed E-state index contributed by atoms with van der Waals surface area (Å²) in [6.07, 6.45) is 3.82. The summed E-state index contributed by atoms with van der Waals surface area (Å²) in [5.74, 6) is 1.48. The Hall–Kier alpha value is -0.850. The molecule has 2 unspecified atom stereocenters. The van der Waals surface area contributed by atoms with Crippen molar-refractivity contribution in [2.75, 3.05) is 52.5 Å². The lowest BCUT2D eigenvalue weighted by Gasteiger charge is -2.34. The fourth-order valence-electron chi connectivity index (χ4n) is 3.23. The molecule has 0 spiro atoms. The highest BCUT2D eigenvalue weighted by Gasteiger charge is 2.31. The molecule has 2 saturated heterocycles. The van der Waals surface area contributed by atoms with Crippen molar-refractivity contribution in [3.63, 3.8) is 0 Å². The van der Waals surface area contributed by atoms with Crippen LogP contribution >= 0.6 is 0 Å². The number of ether oxygens (including phenoxy) is 2. The molecule has 2 atom stereocenters. The smallest absolute Gasteiger partial charge is 0.191 e. The molecular weight excluding hydrogens is 304 g/mol. The van der Waals surface area contributed by atoms with E-state index in [1.807, 2.05) is 0 Å². The van der Waals surface area contributed by atoms with Gasteiger partial charge in [0, 0.05) is 38.9 Å². The van der Waals surface area contributed by atoms with E-state index in [1.165, 1.54) is 19.4 Å². The fraction of sp³-hybridized carbons (Fsp3) is 0.944. The minimum absolute atomic E-state index is 0.226. The Morgan fingerprint density at radius 1 is 1.38 bits per heavy atom. The van der Waals surface area contributed by atoms with Gasteiger partial charge in [0.25, 0.3) is 0 Å². The predicted molar refractivity (Wildman–Crippen MR) is 98.6 cm³/mol. The molecule has 0 aromatic heterocycles. The number of rotatable bonds is 9. The fourth-order valence-corrected chi connectivity index (χ4v) is 3.23. The van der Waals surface area contributed by atoms with E-state index in [2.05, 4.69) is 36.3 Å². The molecule has 2 aliphatic rings. The number of aliphatic imine (C=N–C) groups is 1. The first-order valence-electron chi connectivity index (χ1n) is 9.64. The van der Waals surface area contributed by atoms with E-state index < -0.39 is 0 Å².